The third-order valence-electron chi connectivity index (χ3n) is 6.84. The zero-order valence-corrected chi connectivity index (χ0v) is 32.2. The second-order valence-corrected chi connectivity index (χ2v) is 13.8. The van der Waals surface area contributed by atoms with Crippen LogP contribution < -0.4 is 4.74 Å². The van der Waals surface area contributed by atoms with Crippen LogP contribution in [0.3, 0.4) is 0 Å². The van der Waals surface area contributed by atoms with E-state index in [1.807, 2.05) is 0 Å². The van der Waals surface area contributed by atoms with E-state index in [2.05, 4.69) is 44.3 Å². The third kappa shape index (κ3) is 11.0. The summed E-state index contributed by atoms with van der Waals surface area (Å²) < 4.78 is 52.1. The van der Waals surface area contributed by atoms with E-state index < -0.39 is 33.5 Å². The Morgan fingerprint density at radius 3 is 2.23 bits per heavy atom. The normalized spacial score (nSPS) is 11.5. The van der Waals surface area contributed by atoms with E-state index >= 15 is 0 Å². The van der Waals surface area contributed by atoms with Crippen LogP contribution in [-0.4, -0.2) is 72.9 Å². The van der Waals surface area contributed by atoms with Crippen molar-refractivity contribution < 1.29 is 93.8 Å². The number of methoxy groups -OCH3 is 1. The first-order valence-electron chi connectivity index (χ1n) is 14.4. The average Bonchev–Trinajstić information content (AvgIpc) is 3.44. The van der Waals surface area contributed by atoms with Crippen molar-refractivity contribution in [2.75, 3.05) is 12.9 Å². The standard InChI is InChI=1S/C29H24N6O15S4.Cu.H2O/c1-14-26(29(39)35(34-14)17-5-7-18(8-6-17)54(42,43)44)32-30-16-4-3-15-9-24(53-50-48-41)27(28(38)19(15)10-16)33-31-20-11-22(45-2)23(12-21(20)36)52-46-25(37)13-51-49-47-40;;/h3-12,36,38-41H,13H2,1-2H3,(H,42,43,44);;1H2. The topological polar surface area (TPSA) is 327 Å². The molecule has 0 saturated heterocycles. The number of fused-ring (bicyclic) bond motifs is 1. The van der Waals surface area contributed by atoms with Crippen LogP contribution in [0.1, 0.15) is 5.69 Å². The Bertz CT molecular complexity index is 2350. The fraction of sp³-hybridized carbons (Fsp3) is 0.103. The van der Waals surface area contributed by atoms with Gasteiger partial charge in [0.1, 0.15) is 40.7 Å². The molecule has 0 spiro atoms. The minimum Gasteiger partial charge on any atom is -0.506 e. The molecule has 1 aromatic heterocycles. The first-order chi connectivity index (χ1) is 25.8. The van der Waals surface area contributed by atoms with Crippen LogP contribution in [0.15, 0.2) is 95.8 Å². The number of phenols is 2. The minimum atomic E-state index is -4.43. The van der Waals surface area contributed by atoms with Gasteiger partial charge in [-0.2, -0.15) is 23.3 Å². The summed E-state index contributed by atoms with van der Waals surface area (Å²) in [7, 11) is -3.11. The smallest absolute Gasteiger partial charge is 0.330 e. The molecule has 0 atom stereocenters. The third-order valence-corrected chi connectivity index (χ3v) is 9.60. The summed E-state index contributed by atoms with van der Waals surface area (Å²) >= 11 is 1.51. The maximum atomic E-state index is 11.8. The molecule has 5 aromatic rings. The number of nitrogens with zero attached hydrogens (tertiary/aromatic N) is 6. The van der Waals surface area contributed by atoms with Gasteiger partial charge in [-0.05, 0) is 54.8 Å². The van der Waals surface area contributed by atoms with Gasteiger partial charge >= 0.3 is 5.97 Å². The molecule has 0 amide bonds. The van der Waals surface area contributed by atoms with Crippen LogP contribution >= 0.6 is 36.1 Å². The van der Waals surface area contributed by atoms with Crippen molar-refractivity contribution in [2.24, 2.45) is 20.5 Å². The number of aromatic hydroxyl groups is 3. The SMILES string of the molecule is COc1cc(N=Nc2c(SOOO)cc3ccc(N=Nc4c(C)nn(-c5ccc(S(=O)(=O)O)cc5)c4O)cc3c2O)c(O)cc1SOC(=O)CSOOO.O.[Cu]. The van der Waals surface area contributed by atoms with Crippen LogP contribution in [0, 0.1) is 6.92 Å². The Kier molecular flexibility index (Phi) is 16.8. The summed E-state index contributed by atoms with van der Waals surface area (Å²) in [5.41, 5.74) is 0.413. The molecule has 8 N–H and O–H groups in total. The van der Waals surface area contributed by atoms with Crippen LogP contribution in [-0.2, 0) is 54.9 Å². The van der Waals surface area contributed by atoms with Crippen molar-refractivity contribution in [3.63, 3.8) is 0 Å². The summed E-state index contributed by atoms with van der Waals surface area (Å²) in [4.78, 5) is 11.8. The van der Waals surface area contributed by atoms with Gasteiger partial charge in [0.25, 0.3) is 10.1 Å². The Labute approximate surface area is 337 Å². The van der Waals surface area contributed by atoms with Gasteiger partial charge in [0, 0.05) is 46.6 Å². The molecular formula is C29H26CuN6O16S4. The van der Waals surface area contributed by atoms with Crippen molar-refractivity contribution in [1.82, 2.24) is 9.78 Å². The van der Waals surface area contributed by atoms with E-state index in [1.165, 1.54) is 43.5 Å². The van der Waals surface area contributed by atoms with Crippen molar-refractivity contribution in [3.05, 3.63) is 66.4 Å². The first-order valence-corrected chi connectivity index (χ1v) is 18.2. The zero-order chi connectivity index (χ0) is 39.0. The minimum absolute atomic E-state index is 0. The second-order valence-electron chi connectivity index (χ2n) is 10.2. The molecule has 27 heteroatoms. The summed E-state index contributed by atoms with van der Waals surface area (Å²) in [6, 6.07) is 13.5. The predicted octanol–water partition coefficient (Wildman–Crippen LogP) is 6.76. The van der Waals surface area contributed by atoms with Crippen molar-refractivity contribution in [3.8, 4) is 28.8 Å². The van der Waals surface area contributed by atoms with Crippen LogP contribution in [0.25, 0.3) is 16.5 Å². The van der Waals surface area contributed by atoms with Gasteiger partial charge in [0.15, 0.2) is 11.4 Å². The largest absolute Gasteiger partial charge is 0.506 e. The van der Waals surface area contributed by atoms with E-state index in [0.717, 1.165) is 16.8 Å². The van der Waals surface area contributed by atoms with Gasteiger partial charge < -0.3 is 29.7 Å². The molecule has 1 heterocycles. The average molecular weight is 906 g/mol. The molecule has 5 rings (SSSR count). The predicted molar refractivity (Wildman–Crippen MR) is 192 cm³/mol. The van der Waals surface area contributed by atoms with Gasteiger partial charge in [-0.25, -0.2) is 10.5 Å². The summed E-state index contributed by atoms with van der Waals surface area (Å²) in [5, 5.41) is 78.1. The van der Waals surface area contributed by atoms with E-state index in [1.54, 1.807) is 19.1 Å². The molecule has 0 unspecified atom stereocenters. The molecule has 4 aromatic carbocycles. The fourth-order valence-electron chi connectivity index (χ4n) is 4.43. The molecule has 56 heavy (non-hydrogen) atoms. The quantitative estimate of drug-likeness (QED) is 0.0113. The summed E-state index contributed by atoms with van der Waals surface area (Å²) in [5.74, 6) is -2.26. The molecule has 0 bridgehead atoms. The van der Waals surface area contributed by atoms with E-state index in [4.69, 9.17) is 19.4 Å². The number of hydrogen-bond donors (Lipinski definition) is 6. The number of aryl methyl sites for hydroxylation is 1. The summed E-state index contributed by atoms with van der Waals surface area (Å²) in [6.07, 6.45) is 0. The molecule has 0 aliphatic carbocycles. The van der Waals surface area contributed by atoms with Crippen molar-refractivity contribution in [2.45, 2.75) is 21.6 Å². The second kappa shape index (κ2) is 20.5. The van der Waals surface area contributed by atoms with Gasteiger partial charge in [0.05, 0.1) is 50.9 Å². The number of azo groups is 2. The number of phenolic OH excluding ortho intramolecular Hbond substituents is 2. The number of ether oxygens (including phenoxy) is 1. The van der Waals surface area contributed by atoms with Gasteiger partial charge in [-0.3, -0.25) is 9.35 Å². The Hall–Kier alpha value is -4.58. The number of hydrogen-bond acceptors (Lipinski definition) is 22. The fourth-order valence-corrected chi connectivity index (χ4v) is 6.35. The van der Waals surface area contributed by atoms with Gasteiger partial charge in [0.2, 0.25) is 5.88 Å². The van der Waals surface area contributed by atoms with E-state index in [0.29, 0.717) is 41.5 Å². The zero-order valence-electron chi connectivity index (χ0n) is 28.0. The molecule has 1 radical (unpaired) electrons. The van der Waals surface area contributed by atoms with Crippen molar-refractivity contribution >= 4 is 85.7 Å². The van der Waals surface area contributed by atoms with Crippen LogP contribution in [0.5, 0.6) is 23.1 Å². The maximum Gasteiger partial charge on any atom is 0.330 e. The van der Waals surface area contributed by atoms with Crippen LogP contribution in [0.4, 0.5) is 22.7 Å². The molecule has 0 aliphatic heterocycles. The maximum absolute atomic E-state index is 11.8. The first kappa shape index (κ1) is 45.8. The van der Waals surface area contributed by atoms with Crippen LogP contribution in [0.2, 0.25) is 0 Å². The molecule has 0 fully saturated rings. The van der Waals surface area contributed by atoms with Gasteiger partial charge in [-0.15, -0.1) is 24.0 Å². The Morgan fingerprint density at radius 1 is 0.875 bits per heavy atom. The van der Waals surface area contributed by atoms with E-state index in [-0.39, 0.29) is 88.3 Å². The molecule has 22 nitrogen and oxygen atoms in total. The monoisotopic (exact) mass is 905 g/mol. The Morgan fingerprint density at radius 2 is 1.57 bits per heavy atom. The number of carbonyl (C=O) groups excluding carboxylic acids is 1. The number of aromatic nitrogens is 2. The number of carbonyl (C=O) groups is 1. The van der Waals surface area contributed by atoms with E-state index in [9.17, 15) is 33.1 Å². The number of benzene rings is 4. The summed E-state index contributed by atoms with van der Waals surface area (Å²) in [6.45, 7) is 1.56. The molecule has 0 aliphatic rings. The molecule has 0 saturated carbocycles. The molecule has 303 valence electrons. The number of rotatable bonds is 16. The van der Waals surface area contributed by atoms with Gasteiger partial charge in [-0.1, -0.05) is 16.1 Å². The molecular weight excluding hydrogens is 880 g/mol. The van der Waals surface area contributed by atoms with Crippen molar-refractivity contribution in [1.29, 1.82) is 0 Å². The Balaban J connectivity index is 0.00000420.